The molecule has 118 valence electrons. The third-order valence-corrected chi connectivity index (χ3v) is 4.97. The van der Waals surface area contributed by atoms with Gasteiger partial charge < -0.3 is 5.32 Å². The molecule has 0 fully saturated rings. The summed E-state index contributed by atoms with van der Waals surface area (Å²) in [6.07, 6.45) is 5.41. The highest BCUT2D eigenvalue weighted by Crippen LogP contribution is 2.36. The molecule has 1 amide bonds. The molecule has 3 rings (SSSR count). The molecular weight excluding hydrogens is 337 g/mol. The Bertz CT molecular complexity index is 853. The van der Waals surface area contributed by atoms with Crippen molar-refractivity contribution in [2.75, 3.05) is 0 Å². The van der Waals surface area contributed by atoms with Crippen LogP contribution in [0.25, 0.3) is 10.1 Å². The first-order valence-corrected chi connectivity index (χ1v) is 8.18. The van der Waals surface area contributed by atoms with Crippen molar-refractivity contribution in [1.82, 2.24) is 15.3 Å². The summed E-state index contributed by atoms with van der Waals surface area (Å²) >= 11 is 7.37. The van der Waals surface area contributed by atoms with Crippen LogP contribution in [0.1, 0.15) is 22.3 Å². The molecule has 2 aromatic heterocycles. The van der Waals surface area contributed by atoms with Gasteiger partial charge in [-0.25, -0.2) is 4.39 Å². The summed E-state index contributed by atoms with van der Waals surface area (Å²) in [6.45, 7) is 1.87. The molecule has 1 aromatic carbocycles. The Morgan fingerprint density at radius 1 is 1.43 bits per heavy atom. The number of fused-ring (bicyclic) bond motifs is 1. The maximum absolute atomic E-state index is 13.8. The van der Waals surface area contributed by atoms with E-state index in [2.05, 4.69) is 15.3 Å². The summed E-state index contributed by atoms with van der Waals surface area (Å²) in [5.74, 6) is -0.734. The fraction of sp³-hybridized carbons (Fsp3) is 0.188. The molecule has 3 aromatic rings. The molecule has 0 saturated carbocycles. The van der Waals surface area contributed by atoms with E-state index < -0.39 is 5.82 Å². The second kappa shape index (κ2) is 6.60. The highest BCUT2D eigenvalue weighted by Gasteiger charge is 2.20. The van der Waals surface area contributed by atoms with Crippen LogP contribution >= 0.6 is 22.9 Å². The maximum Gasteiger partial charge on any atom is 0.263 e. The van der Waals surface area contributed by atoms with Crippen molar-refractivity contribution < 1.29 is 9.18 Å². The predicted molar refractivity (Wildman–Crippen MR) is 89.5 cm³/mol. The van der Waals surface area contributed by atoms with Gasteiger partial charge in [-0.3, -0.25) is 14.8 Å². The fourth-order valence-electron chi connectivity index (χ4n) is 2.31. The van der Waals surface area contributed by atoms with Crippen LogP contribution in [-0.2, 0) is 6.42 Å². The summed E-state index contributed by atoms with van der Waals surface area (Å²) in [7, 11) is 0. The molecule has 1 N–H and O–H groups in total. The van der Waals surface area contributed by atoms with Gasteiger partial charge >= 0.3 is 0 Å². The van der Waals surface area contributed by atoms with Gasteiger partial charge in [-0.2, -0.15) is 0 Å². The average Bonchev–Trinajstić information content (AvgIpc) is 2.86. The summed E-state index contributed by atoms with van der Waals surface area (Å²) in [5, 5.41) is 3.32. The van der Waals surface area contributed by atoms with Gasteiger partial charge in [0.25, 0.3) is 5.91 Å². The van der Waals surface area contributed by atoms with Crippen LogP contribution in [0, 0.1) is 5.82 Å². The van der Waals surface area contributed by atoms with Gasteiger partial charge in [-0.1, -0.05) is 17.7 Å². The van der Waals surface area contributed by atoms with Crippen molar-refractivity contribution >= 4 is 38.9 Å². The molecule has 23 heavy (non-hydrogen) atoms. The van der Waals surface area contributed by atoms with Gasteiger partial charge in [0.2, 0.25) is 0 Å². The lowest BCUT2D eigenvalue weighted by molar-refractivity contribution is 0.0944. The second-order valence-electron chi connectivity index (χ2n) is 5.13. The number of thiophene rings is 1. The van der Waals surface area contributed by atoms with E-state index in [0.717, 1.165) is 5.69 Å². The number of amides is 1. The first-order chi connectivity index (χ1) is 11.1. The average molecular weight is 350 g/mol. The van der Waals surface area contributed by atoms with E-state index in [1.54, 1.807) is 30.7 Å². The minimum absolute atomic E-state index is 0.148. The highest BCUT2D eigenvalue weighted by molar-refractivity contribution is 7.21. The predicted octanol–water partition coefficient (Wildman–Crippen LogP) is 3.84. The van der Waals surface area contributed by atoms with Gasteiger partial charge in [0.1, 0.15) is 10.7 Å². The van der Waals surface area contributed by atoms with Crippen molar-refractivity contribution in [1.29, 1.82) is 0 Å². The number of carbonyl (C=O) groups is 1. The van der Waals surface area contributed by atoms with Crippen LogP contribution in [-0.4, -0.2) is 21.9 Å². The standard InChI is InChI=1S/C16H13ClFN3OS/c1-9(7-10-8-19-5-6-20-10)21-16(22)15-14(17)13-11(18)3-2-4-12(13)23-15/h2-6,8-9H,7H2,1H3,(H,21,22)/t9-/m1/s1. The van der Waals surface area contributed by atoms with E-state index in [9.17, 15) is 9.18 Å². The number of nitrogens with one attached hydrogen (secondary N) is 1. The molecule has 0 aliphatic heterocycles. The van der Waals surface area contributed by atoms with E-state index in [0.29, 0.717) is 21.4 Å². The van der Waals surface area contributed by atoms with Crippen LogP contribution in [0.4, 0.5) is 4.39 Å². The van der Waals surface area contributed by atoms with Gasteiger partial charge in [0.05, 0.1) is 10.7 Å². The Kier molecular flexibility index (Phi) is 4.54. The van der Waals surface area contributed by atoms with Crippen LogP contribution < -0.4 is 5.32 Å². The van der Waals surface area contributed by atoms with Gasteiger partial charge in [-0.15, -0.1) is 11.3 Å². The number of nitrogens with zero attached hydrogens (tertiary/aromatic N) is 2. The van der Waals surface area contributed by atoms with E-state index in [1.165, 1.54) is 17.4 Å². The zero-order valence-electron chi connectivity index (χ0n) is 12.2. The number of halogens is 2. The smallest absolute Gasteiger partial charge is 0.263 e. The van der Waals surface area contributed by atoms with Crippen molar-refractivity contribution in [2.24, 2.45) is 0 Å². The first kappa shape index (κ1) is 15.8. The number of benzene rings is 1. The minimum atomic E-state index is -0.421. The Hall–Kier alpha value is -2.05. The molecule has 0 unspecified atom stereocenters. The Labute approximate surface area is 141 Å². The molecule has 0 aliphatic rings. The lowest BCUT2D eigenvalue weighted by atomic mass is 10.2. The maximum atomic E-state index is 13.8. The molecule has 0 spiro atoms. The summed E-state index contributed by atoms with van der Waals surface area (Å²) in [4.78, 5) is 20.9. The minimum Gasteiger partial charge on any atom is -0.348 e. The molecule has 7 heteroatoms. The van der Waals surface area contributed by atoms with Crippen molar-refractivity contribution in [2.45, 2.75) is 19.4 Å². The molecule has 0 radical (unpaired) electrons. The molecule has 0 bridgehead atoms. The monoisotopic (exact) mass is 349 g/mol. The van der Waals surface area contributed by atoms with Crippen LogP contribution in [0.2, 0.25) is 5.02 Å². The lowest BCUT2D eigenvalue weighted by Gasteiger charge is -2.12. The number of hydrogen-bond acceptors (Lipinski definition) is 4. The fourth-order valence-corrected chi connectivity index (χ4v) is 3.77. The van der Waals surface area contributed by atoms with Gasteiger partial charge in [0, 0.05) is 41.1 Å². The van der Waals surface area contributed by atoms with Crippen LogP contribution in [0.15, 0.2) is 36.8 Å². The Morgan fingerprint density at radius 2 is 2.26 bits per heavy atom. The van der Waals surface area contributed by atoms with Crippen LogP contribution in [0.5, 0.6) is 0 Å². The number of aromatic nitrogens is 2. The lowest BCUT2D eigenvalue weighted by Crippen LogP contribution is -2.34. The molecule has 4 nitrogen and oxygen atoms in total. The molecular formula is C16H13ClFN3OS. The molecule has 0 aliphatic carbocycles. The van der Waals surface area contributed by atoms with E-state index >= 15 is 0 Å². The zero-order valence-corrected chi connectivity index (χ0v) is 13.8. The quantitative estimate of drug-likeness (QED) is 0.778. The van der Waals surface area contributed by atoms with Crippen molar-refractivity contribution in [3.63, 3.8) is 0 Å². The SMILES string of the molecule is C[C@H](Cc1cnccn1)NC(=O)c1sc2cccc(F)c2c1Cl. The summed E-state index contributed by atoms with van der Waals surface area (Å²) in [6, 6.07) is 4.53. The number of rotatable bonds is 4. The van der Waals surface area contributed by atoms with Crippen LogP contribution in [0.3, 0.4) is 0 Å². The molecule has 1 atom stereocenters. The third-order valence-electron chi connectivity index (χ3n) is 3.32. The number of carbonyl (C=O) groups excluding carboxylic acids is 1. The van der Waals surface area contributed by atoms with Gasteiger partial charge in [0.15, 0.2) is 0 Å². The van der Waals surface area contributed by atoms with E-state index in [1.807, 2.05) is 6.92 Å². The molecule has 0 saturated heterocycles. The van der Waals surface area contributed by atoms with E-state index in [-0.39, 0.29) is 17.0 Å². The van der Waals surface area contributed by atoms with Gasteiger partial charge in [-0.05, 0) is 19.1 Å². The topological polar surface area (TPSA) is 54.9 Å². The van der Waals surface area contributed by atoms with Crippen molar-refractivity contribution in [3.05, 3.63) is 58.2 Å². The highest BCUT2D eigenvalue weighted by atomic mass is 35.5. The summed E-state index contributed by atoms with van der Waals surface area (Å²) in [5.41, 5.74) is 0.786. The summed E-state index contributed by atoms with van der Waals surface area (Å²) < 4.78 is 14.5. The second-order valence-corrected chi connectivity index (χ2v) is 6.56. The Morgan fingerprint density at radius 3 is 2.96 bits per heavy atom. The first-order valence-electron chi connectivity index (χ1n) is 6.98. The Balaban J connectivity index is 1.78. The largest absolute Gasteiger partial charge is 0.348 e. The third kappa shape index (κ3) is 3.33. The van der Waals surface area contributed by atoms with Crippen molar-refractivity contribution in [3.8, 4) is 0 Å². The number of hydrogen-bond donors (Lipinski definition) is 1. The normalized spacial score (nSPS) is 12.3. The molecule has 2 heterocycles. The zero-order chi connectivity index (χ0) is 16.4. The van der Waals surface area contributed by atoms with E-state index in [4.69, 9.17) is 11.6 Å².